The summed E-state index contributed by atoms with van der Waals surface area (Å²) in [4.78, 5) is 14.5. The third-order valence-electron chi connectivity index (χ3n) is 4.09. The lowest BCUT2D eigenvalue weighted by atomic mass is 9.97. The minimum Gasteiger partial charge on any atom is -0.372 e. The fraction of sp³-hybridized carbons (Fsp3) is 0.733. The molecule has 0 spiro atoms. The highest BCUT2D eigenvalue weighted by molar-refractivity contribution is 9.10. The summed E-state index contributed by atoms with van der Waals surface area (Å²) in [5.41, 5.74) is 0.865. The number of piperidine rings is 1. The van der Waals surface area contributed by atoms with Gasteiger partial charge < -0.3 is 10.2 Å². The third kappa shape index (κ3) is 4.30. The van der Waals surface area contributed by atoms with Gasteiger partial charge in [-0.1, -0.05) is 13.3 Å². The molecule has 118 valence electrons. The van der Waals surface area contributed by atoms with Gasteiger partial charge in [0.2, 0.25) is 0 Å². The number of hydrogen-bond acceptors (Lipinski definition) is 4. The van der Waals surface area contributed by atoms with E-state index in [1.165, 1.54) is 12.8 Å². The largest absolute Gasteiger partial charge is 0.372 e. The van der Waals surface area contributed by atoms with Crippen molar-refractivity contribution in [3.05, 3.63) is 21.0 Å². The molecule has 6 heteroatoms. The van der Waals surface area contributed by atoms with Gasteiger partial charge in [-0.15, -0.1) is 0 Å². The van der Waals surface area contributed by atoms with E-state index in [4.69, 9.17) is 0 Å². The first kappa shape index (κ1) is 16.5. The average molecular weight is 357 g/mol. The van der Waals surface area contributed by atoms with Crippen molar-refractivity contribution in [1.29, 1.82) is 0 Å². The first-order valence-electron chi connectivity index (χ1n) is 7.81. The molecule has 1 saturated heterocycles. The fourth-order valence-corrected chi connectivity index (χ4v) is 3.35. The third-order valence-corrected chi connectivity index (χ3v) is 4.84. The summed E-state index contributed by atoms with van der Waals surface area (Å²) >= 11 is 3.46. The van der Waals surface area contributed by atoms with Crippen molar-refractivity contribution in [2.24, 2.45) is 5.92 Å². The van der Waals surface area contributed by atoms with Gasteiger partial charge in [-0.25, -0.2) is 4.68 Å². The topological polar surface area (TPSA) is 50.2 Å². The fourth-order valence-electron chi connectivity index (χ4n) is 2.74. The molecule has 1 aromatic rings. The Morgan fingerprint density at radius 3 is 2.86 bits per heavy atom. The van der Waals surface area contributed by atoms with Gasteiger partial charge in [0.15, 0.2) is 0 Å². The molecule has 0 bridgehead atoms. The Labute approximate surface area is 134 Å². The highest BCUT2D eigenvalue weighted by Gasteiger charge is 2.18. The van der Waals surface area contributed by atoms with Crippen LogP contribution in [0.15, 0.2) is 15.5 Å². The summed E-state index contributed by atoms with van der Waals surface area (Å²) in [5, 5.41) is 7.69. The maximum absolute atomic E-state index is 12.3. The maximum Gasteiger partial charge on any atom is 0.283 e. The molecule has 1 aliphatic rings. The lowest BCUT2D eigenvalue weighted by molar-refractivity contribution is 0.377. The van der Waals surface area contributed by atoms with Crippen LogP contribution in [0.5, 0.6) is 0 Å². The molecule has 1 aliphatic heterocycles. The highest BCUT2D eigenvalue weighted by Crippen LogP contribution is 2.23. The molecule has 0 aromatic carbocycles. The van der Waals surface area contributed by atoms with Crippen LogP contribution in [0.25, 0.3) is 0 Å². The molecule has 21 heavy (non-hydrogen) atoms. The van der Waals surface area contributed by atoms with Gasteiger partial charge in [0.25, 0.3) is 5.56 Å². The highest BCUT2D eigenvalue weighted by atomic mass is 79.9. The van der Waals surface area contributed by atoms with Crippen molar-refractivity contribution >= 4 is 21.6 Å². The number of aryl methyl sites for hydroxylation is 1. The van der Waals surface area contributed by atoms with E-state index in [1.54, 1.807) is 4.68 Å². The molecule has 1 N–H and O–H groups in total. The van der Waals surface area contributed by atoms with Gasteiger partial charge in [-0.2, -0.15) is 5.10 Å². The Morgan fingerprint density at radius 1 is 1.48 bits per heavy atom. The summed E-state index contributed by atoms with van der Waals surface area (Å²) in [6, 6.07) is 0. The van der Waals surface area contributed by atoms with Crippen LogP contribution >= 0.6 is 15.9 Å². The van der Waals surface area contributed by atoms with Crippen molar-refractivity contribution in [3.8, 4) is 0 Å². The molecule has 0 atom stereocenters. The number of hydrogen-bond donors (Lipinski definition) is 1. The molecule has 0 saturated carbocycles. The van der Waals surface area contributed by atoms with Crippen LogP contribution in [-0.2, 0) is 6.54 Å². The molecule has 0 unspecified atom stereocenters. The zero-order valence-corrected chi connectivity index (χ0v) is 14.5. The first-order chi connectivity index (χ1) is 10.1. The maximum atomic E-state index is 12.3. The van der Waals surface area contributed by atoms with Crippen LogP contribution < -0.4 is 15.8 Å². The van der Waals surface area contributed by atoms with Crippen molar-refractivity contribution in [3.63, 3.8) is 0 Å². The number of aromatic nitrogens is 2. The van der Waals surface area contributed by atoms with Crippen LogP contribution in [0.2, 0.25) is 0 Å². The van der Waals surface area contributed by atoms with Gasteiger partial charge in [-0.3, -0.25) is 4.79 Å². The first-order valence-corrected chi connectivity index (χ1v) is 8.60. The molecular formula is C15H25BrN4O. The second-order valence-electron chi connectivity index (χ2n) is 5.80. The molecule has 0 radical (unpaired) electrons. The molecule has 2 heterocycles. The minimum atomic E-state index is -0.0295. The van der Waals surface area contributed by atoms with E-state index in [0.717, 1.165) is 38.2 Å². The Bertz CT molecular complexity index is 511. The van der Waals surface area contributed by atoms with Gasteiger partial charge in [-0.05, 0) is 54.2 Å². The Hall–Kier alpha value is -0.880. The van der Waals surface area contributed by atoms with Crippen molar-refractivity contribution in [2.45, 2.75) is 39.2 Å². The number of nitrogens with zero attached hydrogens (tertiary/aromatic N) is 3. The molecule has 0 aliphatic carbocycles. The zero-order valence-electron chi connectivity index (χ0n) is 12.9. The van der Waals surface area contributed by atoms with Gasteiger partial charge in [0.05, 0.1) is 11.9 Å². The predicted molar refractivity (Wildman–Crippen MR) is 90.0 cm³/mol. The summed E-state index contributed by atoms with van der Waals surface area (Å²) in [7, 11) is 2.04. The van der Waals surface area contributed by atoms with Crippen LogP contribution in [-0.4, -0.2) is 36.5 Å². The number of rotatable bonds is 6. The second-order valence-corrected chi connectivity index (χ2v) is 6.59. The van der Waals surface area contributed by atoms with E-state index in [1.807, 2.05) is 13.2 Å². The lowest BCUT2D eigenvalue weighted by Gasteiger charge is -2.29. The standard InChI is InChI=1S/C15H25BrN4O/c1-3-4-9-20-15(21)14(16)13(10-18-20)19(2)11-12-5-7-17-8-6-12/h10,12,17H,3-9,11H2,1-2H3. The van der Waals surface area contributed by atoms with Crippen LogP contribution in [0.4, 0.5) is 5.69 Å². The molecule has 1 aromatic heterocycles. The Morgan fingerprint density at radius 2 is 2.19 bits per heavy atom. The Kier molecular flexibility index (Phi) is 6.23. The van der Waals surface area contributed by atoms with E-state index >= 15 is 0 Å². The van der Waals surface area contributed by atoms with E-state index in [9.17, 15) is 4.79 Å². The molecule has 0 amide bonds. The van der Waals surface area contributed by atoms with Crippen LogP contribution in [0.1, 0.15) is 32.6 Å². The number of halogens is 1. The summed E-state index contributed by atoms with van der Waals surface area (Å²) in [6.45, 7) is 5.96. The summed E-state index contributed by atoms with van der Waals surface area (Å²) < 4.78 is 2.18. The minimum absolute atomic E-state index is 0.0295. The normalized spacial score (nSPS) is 16.1. The summed E-state index contributed by atoms with van der Waals surface area (Å²) in [5.74, 6) is 0.686. The lowest BCUT2D eigenvalue weighted by Crippen LogP contribution is -2.35. The SMILES string of the molecule is CCCCn1ncc(N(C)CC2CCNCC2)c(Br)c1=O. The number of unbranched alkanes of at least 4 members (excludes halogenated alkanes) is 1. The smallest absolute Gasteiger partial charge is 0.283 e. The van der Waals surface area contributed by atoms with Crippen LogP contribution in [0.3, 0.4) is 0 Å². The molecule has 1 fully saturated rings. The quantitative estimate of drug-likeness (QED) is 0.849. The molecular weight excluding hydrogens is 332 g/mol. The average Bonchev–Trinajstić information content (AvgIpc) is 2.49. The van der Waals surface area contributed by atoms with E-state index in [0.29, 0.717) is 16.9 Å². The molecule has 5 nitrogen and oxygen atoms in total. The van der Waals surface area contributed by atoms with Gasteiger partial charge in [0.1, 0.15) is 4.47 Å². The number of anilines is 1. The van der Waals surface area contributed by atoms with E-state index in [-0.39, 0.29) is 5.56 Å². The molecule has 2 rings (SSSR count). The second kappa shape index (κ2) is 7.94. The Balaban J connectivity index is 2.08. The number of nitrogens with one attached hydrogen (secondary N) is 1. The van der Waals surface area contributed by atoms with Crippen molar-refractivity contribution < 1.29 is 0 Å². The zero-order chi connectivity index (χ0) is 15.2. The monoisotopic (exact) mass is 356 g/mol. The van der Waals surface area contributed by atoms with E-state index < -0.39 is 0 Å². The van der Waals surface area contributed by atoms with E-state index in [2.05, 4.69) is 38.2 Å². The van der Waals surface area contributed by atoms with Gasteiger partial charge in [0, 0.05) is 20.1 Å². The van der Waals surface area contributed by atoms with Crippen molar-refractivity contribution in [1.82, 2.24) is 15.1 Å². The van der Waals surface area contributed by atoms with Crippen molar-refractivity contribution in [2.75, 3.05) is 31.6 Å². The van der Waals surface area contributed by atoms with Crippen LogP contribution in [0, 0.1) is 5.92 Å². The predicted octanol–water partition coefficient (Wildman–Crippen LogP) is 2.24. The summed E-state index contributed by atoms with van der Waals surface area (Å²) in [6.07, 6.45) is 6.24. The van der Waals surface area contributed by atoms with Gasteiger partial charge >= 0.3 is 0 Å².